The maximum Gasteiger partial charge on any atom is 0.240 e. The van der Waals surface area contributed by atoms with Crippen LogP contribution in [-0.4, -0.2) is 31.4 Å². The molecule has 2 aromatic rings. The van der Waals surface area contributed by atoms with Gasteiger partial charge in [0.1, 0.15) is 11.5 Å². The summed E-state index contributed by atoms with van der Waals surface area (Å²) in [6.07, 6.45) is 0. The molecule has 0 unspecified atom stereocenters. The summed E-state index contributed by atoms with van der Waals surface area (Å²) in [6, 6.07) is 5.45. The van der Waals surface area contributed by atoms with Gasteiger partial charge >= 0.3 is 0 Å². The SMILES string of the molecule is CNCc1nc(-c2cc(OC)cc(OC)c2)no1. The second-order valence-electron chi connectivity index (χ2n) is 3.64. The van der Waals surface area contributed by atoms with E-state index in [1.807, 2.05) is 19.2 Å². The lowest BCUT2D eigenvalue weighted by atomic mass is 10.2. The molecule has 6 heteroatoms. The summed E-state index contributed by atoms with van der Waals surface area (Å²) in [5.74, 6) is 2.42. The Bertz CT molecular complexity index is 503. The average Bonchev–Trinajstić information content (AvgIpc) is 2.87. The van der Waals surface area contributed by atoms with Gasteiger partial charge in [0.15, 0.2) is 0 Å². The highest BCUT2D eigenvalue weighted by atomic mass is 16.5. The van der Waals surface area contributed by atoms with Gasteiger partial charge in [0, 0.05) is 11.6 Å². The molecule has 0 aliphatic heterocycles. The zero-order valence-electron chi connectivity index (χ0n) is 10.6. The van der Waals surface area contributed by atoms with E-state index in [-0.39, 0.29) is 0 Å². The Hall–Kier alpha value is -2.08. The molecule has 0 atom stereocenters. The van der Waals surface area contributed by atoms with Crippen molar-refractivity contribution >= 4 is 0 Å². The quantitative estimate of drug-likeness (QED) is 0.865. The fraction of sp³-hybridized carbons (Fsp3) is 0.333. The summed E-state index contributed by atoms with van der Waals surface area (Å²) < 4.78 is 15.5. The summed E-state index contributed by atoms with van der Waals surface area (Å²) in [7, 11) is 5.01. The number of hydrogen-bond acceptors (Lipinski definition) is 6. The zero-order valence-corrected chi connectivity index (χ0v) is 10.6. The second kappa shape index (κ2) is 5.50. The lowest BCUT2D eigenvalue weighted by Crippen LogP contribution is -2.04. The number of nitrogens with one attached hydrogen (secondary N) is 1. The van der Waals surface area contributed by atoms with Crippen LogP contribution in [0.25, 0.3) is 11.4 Å². The molecule has 0 aliphatic rings. The van der Waals surface area contributed by atoms with E-state index in [9.17, 15) is 0 Å². The number of ether oxygens (including phenoxy) is 2. The molecule has 0 radical (unpaired) electrons. The predicted octanol–water partition coefficient (Wildman–Crippen LogP) is 1.47. The number of hydrogen-bond donors (Lipinski definition) is 1. The van der Waals surface area contributed by atoms with Gasteiger partial charge in [0.2, 0.25) is 11.7 Å². The molecule has 0 amide bonds. The Morgan fingerprint density at radius 3 is 2.39 bits per heavy atom. The first-order valence-electron chi connectivity index (χ1n) is 5.47. The molecule has 1 aromatic heterocycles. The fourth-order valence-electron chi connectivity index (χ4n) is 1.53. The molecule has 0 spiro atoms. The first-order chi connectivity index (χ1) is 8.76. The van der Waals surface area contributed by atoms with Crippen molar-refractivity contribution in [1.29, 1.82) is 0 Å². The molecule has 2 rings (SSSR count). The van der Waals surface area contributed by atoms with Gasteiger partial charge in [-0.1, -0.05) is 5.16 Å². The van der Waals surface area contributed by atoms with E-state index in [1.165, 1.54) is 0 Å². The van der Waals surface area contributed by atoms with Crippen LogP contribution < -0.4 is 14.8 Å². The van der Waals surface area contributed by atoms with Crippen molar-refractivity contribution in [3.05, 3.63) is 24.1 Å². The predicted molar refractivity (Wildman–Crippen MR) is 65.6 cm³/mol. The van der Waals surface area contributed by atoms with Gasteiger partial charge in [-0.05, 0) is 19.2 Å². The van der Waals surface area contributed by atoms with Crippen LogP contribution in [0.15, 0.2) is 22.7 Å². The van der Waals surface area contributed by atoms with Crippen LogP contribution in [-0.2, 0) is 6.54 Å². The molecule has 1 N–H and O–H groups in total. The van der Waals surface area contributed by atoms with Crippen LogP contribution in [0.2, 0.25) is 0 Å². The molecule has 0 fully saturated rings. The minimum absolute atomic E-state index is 0.512. The first kappa shape index (κ1) is 12.4. The van der Waals surface area contributed by atoms with Crippen LogP contribution in [0.4, 0.5) is 0 Å². The minimum Gasteiger partial charge on any atom is -0.497 e. The third-order valence-electron chi connectivity index (χ3n) is 2.41. The Kier molecular flexibility index (Phi) is 3.78. The van der Waals surface area contributed by atoms with Crippen molar-refractivity contribution in [2.45, 2.75) is 6.54 Å². The normalized spacial score (nSPS) is 10.4. The number of benzene rings is 1. The molecular weight excluding hydrogens is 234 g/mol. The third kappa shape index (κ3) is 2.60. The van der Waals surface area contributed by atoms with Crippen molar-refractivity contribution in [1.82, 2.24) is 15.5 Å². The number of methoxy groups -OCH3 is 2. The topological polar surface area (TPSA) is 69.4 Å². The summed E-state index contributed by atoms with van der Waals surface area (Å²) >= 11 is 0. The van der Waals surface area contributed by atoms with E-state index in [0.717, 1.165) is 5.56 Å². The van der Waals surface area contributed by atoms with Crippen molar-refractivity contribution < 1.29 is 14.0 Å². The monoisotopic (exact) mass is 249 g/mol. The standard InChI is InChI=1S/C12H15N3O3/c1-13-7-11-14-12(15-18-11)8-4-9(16-2)6-10(5-8)17-3/h4-6,13H,7H2,1-3H3. The Balaban J connectivity index is 2.35. The highest BCUT2D eigenvalue weighted by molar-refractivity contribution is 5.60. The first-order valence-corrected chi connectivity index (χ1v) is 5.47. The van der Waals surface area contributed by atoms with E-state index in [4.69, 9.17) is 14.0 Å². The van der Waals surface area contributed by atoms with Gasteiger partial charge in [0.25, 0.3) is 0 Å². The highest BCUT2D eigenvalue weighted by Crippen LogP contribution is 2.28. The van der Waals surface area contributed by atoms with Gasteiger partial charge in [0.05, 0.1) is 20.8 Å². The lowest BCUT2D eigenvalue weighted by molar-refractivity contribution is 0.372. The van der Waals surface area contributed by atoms with Crippen molar-refractivity contribution in [2.75, 3.05) is 21.3 Å². The van der Waals surface area contributed by atoms with Crippen LogP contribution in [0.5, 0.6) is 11.5 Å². The Morgan fingerprint density at radius 1 is 1.17 bits per heavy atom. The molecule has 0 saturated carbocycles. The number of aromatic nitrogens is 2. The van der Waals surface area contributed by atoms with E-state index in [1.54, 1.807) is 20.3 Å². The second-order valence-corrected chi connectivity index (χ2v) is 3.64. The van der Waals surface area contributed by atoms with Crippen LogP contribution >= 0.6 is 0 Å². The van der Waals surface area contributed by atoms with E-state index in [0.29, 0.717) is 29.8 Å². The molecule has 0 saturated heterocycles. The van der Waals surface area contributed by atoms with Gasteiger partial charge < -0.3 is 19.3 Å². The highest BCUT2D eigenvalue weighted by Gasteiger charge is 2.10. The largest absolute Gasteiger partial charge is 0.497 e. The third-order valence-corrected chi connectivity index (χ3v) is 2.41. The van der Waals surface area contributed by atoms with E-state index < -0.39 is 0 Å². The molecule has 0 aliphatic carbocycles. The van der Waals surface area contributed by atoms with Crippen LogP contribution in [0.1, 0.15) is 5.89 Å². The minimum atomic E-state index is 0.512. The van der Waals surface area contributed by atoms with Gasteiger partial charge in [-0.3, -0.25) is 0 Å². The van der Waals surface area contributed by atoms with Crippen LogP contribution in [0, 0.1) is 0 Å². The molecule has 1 aromatic carbocycles. The molecule has 18 heavy (non-hydrogen) atoms. The zero-order chi connectivity index (χ0) is 13.0. The average molecular weight is 249 g/mol. The Morgan fingerprint density at radius 2 is 1.83 bits per heavy atom. The summed E-state index contributed by atoms with van der Waals surface area (Å²) in [4.78, 5) is 4.27. The van der Waals surface area contributed by atoms with Crippen molar-refractivity contribution in [3.63, 3.8) is 0 Å². The lowest BCUT2D eigenvalue weighted by Gasteiger charge is -2.05. The van der Waals surface area contributed by atoms with E-state index >= 15 is 0 Å². The van der Waals surface area contributed by atoms with Crippen LogP contribution in [0.3, 0.4) is 0 Å². The van der Waals surface area contributed by atoms with Crippen molar-refractivity contribution in [3.8, 4) is 22.9 Å². The summed E-state index contributed by atoms with van der Waals surface area (Å²) in [5.41, 5.74) is 0.789. The molecule has 6 nitrogen and oxygen atoms in total. The van der Waals surface area contributed by atoms with Gasteiger partial charge in [-0.25, -0.2) is 0 Å². The van der Waals surface area contributed by atoms with E-state index in [2.05, 4.69) is 15.5 Å². The maximum atomic E-state index is 5.19. The fourth-order valence-corrected chi connectivity index (χ4v) is 1.53. The number of nitrogens with zero attached hydrogens (tertiary/aromatic N) is 2. The number of rotatable bonds is 5. The summed E-state index contributed by atoms with van der Waals surface area (Å²) in [6.45, 7) is 0.536. The van der Waals surface area contributed by atoms with Gasteiger partial charge in [-0.15, -0.1) is 0 Å². The van der Waals surface area contributed by atoms with Crippen molar-refractivity contribution in [2.24, 2.45) is 0 Å². The molecule has 96 valence electrons. The molecule has 0 bridgehead atoms. The summed E-state index contributed by atoms with van der Waals surface area (Å²) in [5, 5.41) is 6.87. The maximum absolute atomic E-state index is 5.19. The smallest absolute Gasteiger partial charge is 0.240 e. The van der Waals surface area contributed by atoms with Gasteiger partial charge in [-0.2, -0.15) is 4.98 Å². The Labute approximate surface area is 105 Å². The molecule has 1 heterocycles. The molecular formula is C12H15N3O3.